The summed E-state index contributed by atoms with van der Waals surface area (Å²) in [5.74, 6) is -3.09. The van der Waals surface area contributed by atoms with Crippen molar-refractivity contribution in [3.8, 4) is 5.75 Å². The predicted molar refractivity (Wildman–Crippen MR) is 60.7 cm³/mol. The number of nitrogens with one attached hydrogen (secondary N) is 1. The van der Waals surface area contributed by atoms with E-state index in [2.05, 4.69) is 9.47 Å². The van der Waals surface area contributed by atoms with Gasteiger partial charge in [-0.3, -0.25) is 9.59 Å². The average molecular weight is 310 g/mol. The van der Waals surface area contributed by atoms with Crippen LogP contribution < -0.4 is 10.2 Å². The summed E-state index contributed by atoms with van der Waals surface area (Å²) in [6.45, 7) is 1.41. The molecule has 0 saturated heterocycles. The minimum Gasteiger partial charge on any atom is -0.466 e. The van der Waals surface area contributed by atoms with Gasteiger partial charge in [0, 0.05) is 0 Å². The number of aromatic amines is 1. The zero-order chi connectivity index (χ0) is 16.2. The zero-order valence-electron chi connectivity index (χ0n) is 10.5. The third kappa shape index (κ3) is 4.47. The van der Waals surface area contributed by atoms with E-state index >= 15 is 0 Å². The first-order valence-corrected chi connectivity index (χ1v) is 5.46. The molecule has 1 heterocycles. The molecule has 0 unspecified atom stereocenters. The first-order valence-electron chi connectivity index (χ1n) is 5.46. The van der Waals surface area contributed by atoms with Crippen molar-refractivity contribution in [3.63, 3.8) is 0 Å². The van der Waals surface area contributed by atoms with Crippen LogP contribution in [-0.4, -0.2) is 28.8 Å². The third-order valence-corrected chi connectivity index (χ3v) is 2.16. The zero-order valence-corrected chi connectivity index (χ0v) is 10.5. The van der Waals surface area contributed by atoms with E-state index in [0.717, 1.165) is 0 Å². The molecule has 1 N–H and O–H groups in total. The van der Waals surface area contributed by atoms with Crippen molar-refractivity contribution < 1.29 is 32.4 Å². The van der Waals surface area contributed by atoms with Crippen molar-refractivity contribution in [2.75, 3.05) is 6.61 Å². The second-order valence-corrected chi connectivity index (χ2v) is 3.60. The van der Waals surface area contributed by atoms with Gasteiger partial charge in [-0.05, 0) is 11.8 Å². The number of hydrogen-bond acceptors (Lipinski definition) is 6. The van der Waals surface area contributed by atoms with E-state index in [1.807, 2.05) is 4.98 Å². The second kappa shape index (κ2) is 6.24. The second-order valence-electron chi connectivity index (χ2n) is 3.60. The first kappa shape index (κ1) is 16.5. The molecule has 0 bridgehead atoms. The van der Waals surface area contributed by atoms with Gasteiger partial charge in [0.1, 0.15) is 11.8 Å². The quantitative estimate of drug-likeness (QED) is 0.498. The average Bonchev–Trinajstić information content (AvgIpc) is 2.32. The molecule has 21 heavy (non-hydrogen) atoms. The van der Waals surface area contributed by atoms with E-state index in [0.29, 0.717) is 6.20 Å². The highest BCUT2D eigenvalue weighted by Crippen LogP contribution is 2.22. The number of carbonyl (C=O) groups is 1. The fourth-order valence-corrected chi connectivity index (χ4v) is 1.43. The molecule has 0 aliphatic rings. The van der Waals surface area contributed by atoms with Crippen LogP contribution in [0.3, 0.4) is 0 Å². The van der Waals surface area contributed by atoms with Gasteiger partial charge in [-0.2, -0.15) is 0 Å². The van der Waals surface area contributed by atoms with Crippen molar-refractivity contribution in [2.45, 2.75) is 19.7 Å². The van der Waals surface area contributed by atoms with E-state index in [4.69, 9.17) is 0 Å². The molecule has 0 atom stereocenters. The molecule has 11 heteroatoms. The van der Waals surface area contributed by atoms with Crippen LogP contribution in [0.15, 0.2) is 11.0 Å². The third-order valence-electron chi connectivity index (χ3n) is 2.16. The molecule has 0 radical (unpaired) electrons. The van der Waals surface area contributed by atoms with E-state index in [1.54, 1.807) is 0 Å². The number of hydrogen-bond donors (Lipinski definition) is 1. The van der Waals surface area contributed by atoms with Gasteiger partial charge in [0.25, 0.3) is 0 Å². The smallest absolute Gasteiger partial charge is 0.466 e. The van der Waals surface area contributed by atoms with Gasteiger partial charge in [-0.25, -0.2) is 4.98 Å². The van der Waals surface area contributed by atoms with Crippen LogP contribution in [0, 0.1) is 10.1 Å². The molecule has 0 aromatic carbocycles. The van der Waals surface area contributed by atoms with Crippen LogP contribution in [0.4, 0.5) is 19.0 Å². The Morgan fingerprint density at radius 3 is 2.57 bits per heavy atom. The number of ether oxygens (including phenoxy) is 2. The van der Waals surface area contributed by atoms with Crippen molar-refractivity contribution in [1.82, 2.24) is 4.98 Å². The maximum Gasteiger partial charge on any atom is 0.573 e. The number of esters is 1. The Morgan fingerprint density at radius 2 is 2.10 bits per heavy atom. The summed E-state index contributed by atoms with van der Waals surface area (Å²) < 4.78 is 44.2. The summed E-state index contributed by atoms with van der Waals surface area (Å²) in [6, 6.07) is 0. The normalized spacial score (nSPS) is 11.0. The number of pyridine rings is 1. The van der Waals surface area contributed by atoms with Gasteiger partial charge in [0.2, 0.25) is 11.2 Å². The Kier molecular flexibility index (Phi) is 4.89. The SMILES string of the molecule is CCOC(=O)Cc1c([N+](=O)[O-])[nH]cc(OC(F)(F)F)c1=O. The lowest BCUT2D eigenvalue weighted by atomic mass is 10.1. The van der Waals surface area contributed by atoms with E-state index in [1.165, 1.54) is 6.92 Å². The van der Waals surface area contributed by atoms with Gasteiger partial charge < -0.3 is 19.6 Å². The minimum atomic E-state index is -5.15. The molecule has 1 rings (SSSR count). The van der Waals surface area contributed by atoms with E-state index < -0.39 is 46.2 Å². The molecule has 0 amide bonds. The minimum absolute atomic E-state index is 0.0523. The molecule has 0 aliphatic carbocycles. The number of halogens is 3. The summed E-state index contributed by atoms with van der Waals surface area (Å²) in [7, 11) is 0. The number of H-pyrrole nitrogens is 1. The summed E-state index contributed by atoms with van der Waals surface area (Å²) >= 11 is 0. The Bertz CT molecular complexity index is 610. The largest absolute Gasteiger partial charge is 0.573 e. The first-order chi connectivity index (χ1) is 9.65. The maximum atomic E-state index is 12.1. The topological polar surface area (TPSA) is 112 Å². The van der Waals surface area contributed by atoms with Crippen molar-refractivity contribution in [3.05, 3.63) is 32.1 Å². The Morgan fingerprint density at radius 1 is 1.48 bits per heavy atom. The molecular formula is C10H9F3N2O6. The van der Waals surface area contributed by atoms with Gasteiger partial charge >= 0.3 is 18.1 Å². The lowest BCUT2D eigenvalue weighted by molar-refractivity contribution is -0.390. The Labute approximate surface area is 114 Å². The van der Waals surface area contributed by atoms with Crippen LogP contribution in [0.1, 0.15) is 12.5 Å². The number of aromatic nitrogens is 1. The van der Waals surface area contributed by atoms with E-state index in [-0.39, 0.29) is 6.61 Å². The monoisotopic (exact) mass is 310 g/mol. The number of rotatable bonds is 5. The van der Waals surface area contributed by atoms with Gasteiger partial charge in [0.05, 0.1) is 13.0 Å². The molecule has 0 saturated carbocycles. The number of nitro groups is 1. The van der Waals surface area contributed by atoms with Crippen LogP contribution in [0.5, 0.6) is 5.75 Å². The maximum absolute atomic E-state index is 12.1. The van der Waals surface area contributed by atoms with Crippen molar-refractivity contribution >= 4 is 11.8 Å². The van der Waals surface area contributed by atoms with Crippen LogP contribution in [-0.2, 0) is 16.0 Å². The highest BCUT2D eigenvalue weighted by molar-refractivity contribution is 5.73. The fourth-order valence-electron chi connectivity index (χ4n) is 1.43. The highest BCUT2D eigenvalue weighted by Gasteiger charge is 2.34. The molecule has 0 fully saturated rings. The molecule has 0 spiro atoms. The highest BCUT2D eigenvalue weighted by atomic mass is 19.4. The lowest BCUT2D eigenvalue weighted by Gasteiger charge is -2.09. The molecule has 0 aliphatic heterocycles. The summed E-state index contributed by atoms with van der Waals surface area (Å²) in [5, 5.41) is 10.7. The summed E-state index contributed by atoms with van der Waals surface area (Å²) in [6.07, 6.45) is -5.60. The van der Waals surface area contributed by atoms with E-state index in [9.17, 15) is 32.9 Å². The van der Waals surface area contributed by atoms with Gasteiger partial charge in [-0.15, -0.1) is 13.2 Å². The fraction of sp³-hybridized carbons (Fsp3) is 0.400. The van der Waals surface area contributed by atoms with Crippen molar-refractivity contribution in [1.29, 1.82) is 0 Å². The molecule has 1 aromatic rings. The van der Waals surface area contributed by atoms with Crippen LogP contribution in [0.25, 0.3) is 0 Å². The summed E-state index contributed by atoms with van der Waals surface area (Å²) in [5.41, 5.74) is -2.19. The van der Waals surface area contributed by atoms with Gasteiger partial charge in [0.15, 0.2) is 0 Å². The molecule has 8 nitrogen and oxygen atoms in total. The standard InChI is InChI=1S/C10H9F3N2O6/c1-2-20-7(16)3-5-8(17)6(21-10(11,12)13)4-14-9(5)15(18)19/h4H,2-3H2,1H3,(H,14,17). The number of alkyl halides is 3. The number of nitrogens with zero attached hydrogens (tertiary/aromatic N) is 1. The van der Waals surface area contributed by atoms with Gasteiger partial charge in [-0.1, -0.05) is 0 Å². The predicted octanol–water partition coefficient (Wildman–Crippen LogP) is 1.29. The molecular weight excluding hydrogens is 301 g/mol. The Hall–Kier alpha value is -2.59. The van der Waals surface area contributed by atoms with Crippen molar-refractivity contribution in [2.24, 2.45) is 0 Å². The van der Waals surface area contributed by atoms with Crippen LogP contribution in [0.2, 0.25) is 0 Å². The van der Waals surface area contributed by atoms with Crippen LogP contribution >= 0.6 is 0 Å². The number of carbonyl (C=O) groups excluding carboxylic acids is 1. The molecule has 116 valence electrons. The summed E-state index contributed by atoms with van der Waals surface area (Å²) in [4.78, 5) is 34.6. The Balaban J connectivity index is 3.28. The molecule has 1 aromatic heterocycles. The lowest BCUT2D eigenvalue weighted by Crippen LogP contribution is -2.25.